The van der Waals surface area contributed by atoms with Crippen LogP contribution in [0.3, 0.4) is 0 Å². The van der Waals surface area contributed by atoms with Crippen LogP contribution >= 0.6 is 0 Å². The summed E-state index contributed by atoms with van der Waals surface area (Å²) in [5.74, 6) is 0.678. The van der Waals surface area contributed by atoms with Crippen molar-refractivity contribution in [2.75, 3.05) is 11.9 Å². The van der Waals surface area contributed by atoms with Crippen LogP contribution in [0.2, 0.25) is 0 Å². The fourth-order valence-electron chi connectivity index (χ4n) is 3.40. The lowest BCUT2D eigenvalue weighted by Gasteiger charge is -2.35. The maximum Gasteiger partial charge on any atom is 0.0405 e. The molecule has 1 aliphatic heterocycles. The fraction of sp³-hybridized carbons (Fsp3) is 0.600. The zero-order valence-corrected chi connectivity index (χ0v) is 10.4. The van der Waals surface area contributed by atoms with Gasteiger partial charge in [0.1, 0.15) is 0 Å². The van der Waals surface area contributed by atoms with Crippen LogP contribution in [0, 0.1) is 5.92 Å². The minimum absolute atomic E-state index is 0. The molecule has 2 rings (SSSR count). The molecule has 1 aliphatic rings. The average molecular weight is 219 g/mol. The van der Waals surface area contributed by atoms with Gasteiger partial charge in [0.2, 0.25) is 0 Å². The van der Waals surface area contributed by atoms with E-state index in [2.05, 4.69) is 63.9 Å². The largest absolute Gasteiger partial charge is 0.370 e. The zero-order valence-electron chi connectivity index (χ0n) is 10.4. The van der Waals surface area contributed by atoms with Crippen LogP contribution in [0.1, 0.15) is 40.7 Å². The van der Waals surface area contributed by atoms with Gasteiger partial charge in [-0.05, 0) is 17.5 Å². The summed E-state index contributed by atoms with van der Waals surface area (Å²) >= 11 is 0. The normalized spacial score (nSPS) is 21.9. The van der Waals surface area contributed by atoms with Gasteiger partial charge >= 0.3 is 0 Å². The van der Waals surface area contributed by atoms with E-state index < -0.39 is 0 Å². The van der Waals surface area contributed by atoms with E-state index in [1.54, 1.807) is 0 Å². The van der Waals surface area contributed by atoms with Crippen molar-refractivity contribution in [3.8, 4) is 0 Å². The summed E-state index contributed by atoms with van der Waals surface area (Å²) in [6.45, 7) is 9.35. The molecule has 1 heterocycles. The Kier molecular flexibility index (Phi) is 3.37. The van der Waals surface area contributed by atoms with Crippen LogP contribution in [-0.4, -0.2) is 13.1 Å². The van der Waals surface area contributed by atoms with Crippen LogP contribution in [0.5, 0.6) is 0 Å². The zero-order chi connectivity index (χ0) is 11.2. The van der Waals surface area contributed by atoms with Crippen molar-refractivity contribution in [1.29, 1.82) is 0 Å². The highest BCUT2D eigenvalue weighted by Gasteiger charge is 2.43. The van der Waals surface area contributed by atoms with Crippen LogP contribution in [-0.2, 0) is 5.41 Å². The summed E-state index contributed by atoms with van der Waals surface area (Å²) < 4.78 is 0. The van der Waals surface area contributed by atoms with Gasteiger partial charge in [-0.1, -0.05) is 53.3 Å². The molecular formula is C15H25N. The molecule has 1 nitrogen and oxygen atoms in total. The van der Waals surface area contributed by atoms with E-state index >= 15 is 0 Å². The molecule has 0 amide bonds. The highest BCUT2D eigenvalue weighted by atomic mass is 15.2. The second-order valence-corrected chi connectivity index (χ2v) is 5.54. The summed E-state index contributed by atoms with van der Waals surface area (Å²) in [5.41, 5.74) is 3.16. The number of para-hydroxylation sites is 1. The van der Waals surface area contributed by atoms with Gasteiger partial charge in [-0.15, -0.1) is 0 Å². The maximum atomic E-state index is 2.44. The molecular weight excluding hydrogens is 194 g/mol. The maximum absolute atomic E-state index is 2.44. The Hall–Kier alpha value is -0.980. The fourth-order valence-corrected chi connectivity index (χ4v) is 3.40. The molecule has 0 saturated carbocycles. The van der Waals surface area contributed by atoms with E-state index in [1.807, 2.05) is 0 Å². The van der Waals surface area contributed by atoms with Crippen molar-refractivity contribution in [1.82, 2.24) is 0 Å². The number of fused-ring (bicyclic) bond motifs is 1. The first kappa shape index (κ1) is 13.1. The van der Waals surface area contributed by atoms with Crippen molar-refractivity contribution in [2.24, 2.45) is 5.92 Å². The molecule has 0 aromatic heterocycles. The predicted octanol–water partition coefficient (Wildman–Crippen LogP) is 4.07. The molecule has 0 aliphatic carbocycles. The second kappa shape index (κ2) is 4.12. The summed E-state index contributed by atoms with van der Waals surface area (Å²) in [4.78, 5) is 2.44. The third kappa shape index (κ3) is 1.63. The topological polar surface area (TPSA) is 3.24 Å². The average Bonchev–Trinajstić information content (AvgIpc) is 2.36. The molecule has 1 heteroatoms. The number of likely N-dealkylation sites (N-methyl/N-ethyl adjacent to an activating group) is 1. The minimum Gasteiger partial charge on any atom is -0.370 e. The Morgan fingerprint density at radius 1 is 1.19 bits per heavy atom. The van der Waals surface area contributed by atoms with Gasteiger partial charge in [0, 0.05) is 24.2 Å². The van der Waals surface area contributed by atoms with Crippen LogP contribution in [0.15, 0.2) is 24.3 Å². The molecule has 1 aromatic carbocycles. The van der Waals surface area contributed by atoms with Gasteiger partial charge in [-0.2, -0.15) is 0 Å². The first-order valence-electron chi connectivity index (χ1n) is 5.78. The molecule has 0 spiro atoms. The Labute approximate surface area is 100 Å². The highest BCUT2D eigenvalue weighted by molar-refractivity contribution is 5.63. The molecule has 0 saturated heterocycles. The van der Waals surface area contributed by atoms with Gasteiger partial charge in [-0.25, -0.2) is 0 Å². The lowest BCUT2D eigenvalue weighted by atomic mass is 9.76. The SMILES string of the molecule is C.CC(C)C1N(C)c2ccccc2C1(C)C. The van der Waals surface area contributed by atoms with Gasteiger partial charge in [0.15, 0.2) is 0 Å². The van der Waals surface area contributed by atoms with E-state index in [1.165, 1.54) is 11.3 Å². The minimum atomic E-state index is 0. The van der Waals surface area contributed by atoms with E-state index in [9.17, 15) is 0 Å². The van der Waals surface area contributed by atoms with Crippen molar-refractivity contribution in [2.45, 2.75) is 46.6 Å². The number of benzene rings is 1. The van der Waals surface area contributed by atoms with Gasteiger partial charge in [-0.3, -0.25) is 0 Å². The summed E-state index contributed by atoms with van der Waals surface area (Å²) in [6, 6.07) is 9.40. The third-order valence-corrected chi connectivity index (χ3v) is 3.77. The Balaban J connectivity index is 0.00000128. The summed E-state index contributed by atoms with van der Waals surface area (Å²) in [7, 11) is 2.22. The Morgan fingerprint density at radius 3 is 2.25 bits per heavy atom. The lowest BCUT2D eigenvalue weighted by Crippen LogP contribution is -2.43. The van der Waals surface area contributed by atoms with Crippen molar-refractivity contribution in [3.63, 3.8) is 0 Å². The van der Waals surface area contributed by atoms with Gasteiger partial charge in [0.25, 0.3) is 0 Å². The van der Waals surface area contributed by atoms with Gasteiger partial charge < -0.3 is 4.90 Å². The van der Waals surface area contributed by atoms with E-state index in [0.717, 1.165) is 0 Å². The van der Waals surface area contributed by atoms with Crippen molar-refractivity contribution < 1.29 is 0 Å². The molecule has 0 bridgehead atoms. The molecule has 1 aromatic rings. The van der Waals surface area contributed by atoms with Crippen molar-refractivity contribution >= 4 is 5.69 Å². The Bertz CT molecular complexity index is 365. The predicted molar refractivity (Wildman–Crippen MR) is 73.2 cm³/mol. The summed E-state index contributed by atoms with van der Waals surface area (Å²) in [5, 5.41) is 0. The van der Waals surface area contributed by atoms with E-state index in [-0.39, 0.29) is 12.8 Å². The molecule has 0 radical (unpaired) electrons. The first-order chi connectivity index (χ1) is 6.96. The Morgan fingerprint density at radius 2 is 1.75 bits per heavy atom. The van der Waals surface area contributed by atoms with E-state index in [4.69, 9.17) is 0 Å². The van der Waals surface area contributed by atoms with Crippen LogP contribution < -0.4 is 4.90 Å². The molecule has 0 fully saturated rings. The molecule has 1 atom stereocenters. The second-order valence-electron chi connectivity index (χ2n) is 5.54. The number of nitrogens with zero attached hydrogens (tertiary/aromatic N) is 1. The van der Waals surface area contributed by atoms with Crippen molar-refractivity contribution in [3.05, 3.63) is 29.8 Å². The molecule has 1 unspecified atom stereocenters. The standard InChI is InChI=1S/C14H21N.CH4/c1-10(2)13-14(3,4)11-8-6-7-9-12(11)15(13)5;/h6-10,13H,1-5H3;1H4. The third-order valence-electron chi connectivity index (χ3n) is 3.77. The van der Waals surface area contributed by atoms with Crippen LogP contribution in [0.25, 0.3) is 0 Å². The number of rotatable bonds is 1. The smallest absolute Gasteiger partial charge is 0.0405 e. The summed E-state index contributed by atoms with van der Waals surface area (Å²) in [6.07, 6.45) is 0. The number of hydrogen-bond donors (Lipinski definition) is 0. The monoisotopic (exact) mass is 219 g/mol. The highest BCUT2D eigenvalue weighted by Crippen LogP contribution is 2.46. The van der Waals surface area contributed by atoms with Gasteiger partial charge in [0.05, 0.1) is 0 Å². The first-order valence-corrected chi connectivity index (χ1v) is 5.78. The quantitative estimate of drug-likeness (QED) is 0.688. The molecule has 0 N–H and O–H groups in total. The lowest BCUT2D eigenvalue weighted by molar-refractivity contribution is 0.343. The molecule has 16 heavy (non-hydrogen) atoms. The van der Waals surface area contributed by atoms with E-state index in [0.29, 0.717) is 12.0 Å². The van der Waals surface area contributed by atoms with Crippen LogP contribution in [0.4, 0.5) is 5.69 Å². The number of hydrogen-bond acceptors (Lipinski definition) is 1. The number of anilines is 1. The molecule has 90 valence electrons.